The molecular formula is C6H13S. The van der Waals surface area contributed by atoms with Crippen molar-refractivity contribution in [2.75, 3.05) is 5.75 Å². The Morgan fingerprint density at radius 1 is 1.71 bits per heavy atom. The van der Waals surface area contributed by atoms with Gasteiger partial charge < -0.3 is 0 Å². The molecule has 0 aromatic rings. The molecule has 0 heterocycles. The van der Waals surface area contributed by atoms with Crippen molar-refractivity contribution in [1.29, 1.82) is 0 Å². The monoisotopic (exact) mass is 117 g/mol. The largest absolute Gasteiger partial charge is 0.159 e. The molecule has 0 aliphatic rings. The van der Waals surface area contributed by atoms with Gasteiger partial charge >= 0.3 is 0 Å². The molecule has 0 spiro atoms. The molecule has 0 N–H and O–H groups in total. The molecule has 0 nitrogen and oxygen atoms in total. The molecule has 0 aromatic carbocycles. The maximum Gasteiger partial charge on any atom is 0.00160 e. The Balaban J connectivity index is 2.83. The zero-order valence-corrected chi connectivity index (χ0v) is 5.92. The zero-order valence-electron chi connectivity index (χ0n) is 5.11. The molecule has 0 saturated carbocycles. The fourth-order valence-corrected chi connectivity index (χ4v) is 0.957. The quantitative estimate of drug-likeness (QED) is 0.547. The Hall–Kier alpha value is 0.350. The Labute approximate surface area is 50.7 Å². The van der Waals surface area contributed by atoms with Crippen LogP contribution in [0, 0.1) is 6.92 Å². The Morgan fingerprint density at radius 2 is 2.29 bits per heavy atom. The summed E-state index contributed by atoms with van der Waals surface area (Å²) in [6.45, 7) is 8.17. The summed E-state index contributed by atoms with van der Waals surface area (Å²) in [6.07, 6.45) is 1.26. The lowest BCUT2D eigenvalue weighted by atomic mass is 10.4. The second-order valence-corrected chi connectivity index (χ2v) is 3.14. The number of rotatable bonds is 3. The molecule has 1 atom stereocenters. The van der Waals surface area contributed by atoms with E-state index in [4.69, 9.17) is 0 Å². The Bertz CT molecular complexity index is 35.2. The summed E-state index contributed by atoms with van der Waals surface area (Å²) < 4.78 is 0. The van der Waals surface area contributed by atoms with Crippen LogP contribution >= 0.6 is 11.8 Å². The first kappa shape index (κ1) is 7.35. The van der Waals surface area contributed by atoms with Gasteiger partial charge in [-0.15, -0.1) is 0 Å². The van der Waals surface area contributed by atoms with Crippen LogP contribution in [-0.2, 0) is 0 Å². The number of hydrogen-bond acceptors (Lipinski definition) is 1. The van der Waals surface area contributed by atoms with E-state index in [9.17, 15) is 0 Å². The van der Waals surface area contributed by atoms with Crippen molar-refractivity contribution in [3.05, 3.63) is 6.92 Å². The van der Waals surface area contributed by atoms with Crippen LogP contribution < -0.4 is 0 Å². The highest BCUT2D eigenvalue weighted by Crippen LogP contribution is 2.11. The van der Waals surface area contributed by atoms with Crippen LogP contribution in [-0.4, -0.2) is 11.0 Å². The second kappa shape index (κ2) is 4.51. The molecule has 43 valence electrons. The molecule has 1 radical (unpaired) electrons. The van der Waals surface area contributed by atoms with Gasteiger partial charge in [0.2, 0.25) is 0 Å². The van der Waals surface area contributed by atoms with Gasteiger partial charge in [0.15, 0.2) is 0 Å². The third kappa shape index (κ3) is 4.20. The van der Waals surface area contributed by atoms with Crippen LogP contribution in [0.5, 0.6) is 0 Å². The van der Waals surface area contributed by atoms with E-state index >= 15 is 0 Å². The van der Waals surface area contributed by atoms with Crippen molar-refractivity contribution in [3.8, 4) is 0 Å². The molecule has 0 saturated heterocycles. The summed E-state index contributed by atoms with van der Waals surface area (Å²) in [5.74, 6) is 1.01. The minimum Gasteiger partial charge on any atom is -0.159 e. The van der Waals surface area contributed by atoms with E-state index in [0.717, 1.165) is 11.0 Å². The molecule has 0 amide bonds. The van der Waals surface area contributed by atoms with Crippen LogP contribution in [0.3, 0.4) is 0 Å². The topological polar surface area (TPSA) is 0 Å². The van der Waals surface area contributed by atoms with Gasteiger partial charge in [-0.2, -0.15) is 11.8 Å². The van der Waals surface area contributed by atoms with Crippen molar-refractivity contribution >= 4 is 11.8 Å². The number of hydrogen-bond donors (Lipinski definition) is 0. The maximum absolute atomic E-state index is 3.74. The fourth-order valence-electron chi connectivity index (χ4n) is 0.319. The first-order chi connectivity index (χ1) is 3.31. The average Bonchev–Trinajstić information content (AvgIpc) is 1.68. The van der Waals surface area contributed by atoms with E-state index in [-0.39, 0.29) is 0 Å². The van der Waals surface area contributed by atoms with Gasteiger partial charge in [0.1, 0.15) is 0 Å². The lowest BCUT2D eigenvalue weighted by Gasteiger charge is -2.02. The molecule has 0 bridgehead atoms. The Morgan fingerprint density at radius 3 is 2.43 bits per heavy atom. The van der Waals surface area contributed by atoms with Gasteiger partial charge in [-0.05, 0) is 19.1 Å². The summed E-state index contributed by atoms with van der Waals surface area (Å²) in [6, 6.07) is 0. The fraction of sp³-hybridized carbons (Fsp3) is 0.833. The average molecular weight is 117 g/mol. The van der Waals surface area contributed by atoms with E-state index in [1.165, 1.54) is 6.42 Å². The molecule has 1 unspecified atom stereocenters. The van der Waals surface area contributed by atoms with Crippen LogP contribution in [0.25, 0.3) is 0 Å². The van der Waals surface area contributed by atoms with Crippen LogP contribution in [0.15, 0.2) is 0 Å². The van der Waals surface area contributed by atoms with E-state index in [1.54, 1.807) is 0 Å². The predicted molar refractivity (Wildman–Crippen MR) is 37.6 cm³/mol. The molecule has 7 heavy (non-hydrogen) atoms. The van der Waals surface area contributed by atoms with E-state index in [2.05, 4.69) is 20.8 Å². The molecule has 0 aromatic heterocycles. The van der Waals surface area contributed by atoms with Gasteiger partial charge in [0, 0.05) is 5.25 Å². The zero-order chi connectivity index (χ0) is 5.70. The number of thioether (sulfide) groups is 1. The Kier molecular flexibility index (Phi) is 4.73. The first-order valence-corrected chi connectivity index (χ1v) is 3.77. The third-order valence-electron chi connectivity index (χ3n) is 0.977. The highest BCUT2D eigenvalue weighted by molar-refractivity contribution is 7.99. The molecule has 0 aliphatic carbocycles. The van der Waals surface area contributed by atoms with Gasteiger partial charge in [0.25, 0.3) is 0 Å². The summed E-state index contributed by atoms with van der Waals surface area (Å²) in [7, 11) is 0. The lowest BCUT2D eigenvalue weighted by molar-refractivity contribution is 0.907. The highest BCUT2D eigenvalue weighted by atomic mass is 32.2. The summed E-state index contributed by atoms with van der Waals surface area (Å²) in [5.41, 5.74) is 0. The molecule has 0 fully saturated rings. The van der Waals surface area contributed by atoms with Crippen molar-refractivity contribution < 1.29 is 0 Å². The summed E-state index contributed by atoms with van der Waals surface area (Å²) in [4.78, 5) is 0. The van der Waals surface area contributed by atoms with E-state index in [1.807, 2.05) is 11.8 Å². The lowest BCUT2D eigenvalue weighted by Crippen LogP contribution is -1.91. The SMILES string of the molecule is [CH2]CSC(C)CC. The van der Waals surface area contributed by atoms with Crippen molar-refractivity contribution in [3.63, 3.8) is 0 Å². The standard InChI is InChI=1S/C6H13S/c1-4-6(3)7-5-2/h6H,2,4-5H2,1,3H3. The van der Waals surface area contributed by atoms with Crippen molar-refractivity contribution in [2.24, 2.45) is 0 Å². The van der Waals surface area contributed by atoms with Crippen molar-refractivity contribution in [2.45, 2.75) is 25.5 Å². The van der Waals surface area contributed by atoms with Gasteiger partial charge in [-0.1, -0.05) is 13.8 Å². The highest BCUT2D eigenvalue weighted by Gasteiger charge is 1.92. The van der Waals surface area contributed by atoms with Crippen LogP contribution in [0.2, 0.25) is 0 Å². The summed E-state index contributed by atoms with van der Waals surface area (Å²) in [5, 5.41) is 0.803. The van der Waals surface area contributed by atoms with Crippen LogP contribution in [0.1, 0.15) is 20.3 Å². The smallest absolute Gasteiger partial charge is 0.00160 e. The first-order valence-electron chi connectivity index (χ1n) is 2.72. The second-order valence-electron chi connectivity index (χ2n) is 1.59. The summed E-state index contributed by atoms with van der Waals surface area (Å²) >= 11 is 1.92. The molecular weight excluding hydrogens is 104 g/mol. The van der Waals surface area contributed by atoms with E-state index < -0.39 is 0 Å². The minimum atomic E-state index is 0.803. The molecule has 0 rings (SSSR count). The van der Waals surface area contributed by atoms with Crippen molar-refractivity contribution in [1.82, 2.24) is 0 Å². The third-order valence-corrected chi connectivity index (χ3v) is 2.12. The minimum absolute atomic E-state index is 0.803. The van der Waals surface area contributed by atoms with Gasteiger partial charge in [0.05, 0.1) is 0 Å². The predicted octanol–water partition coefficient (Wildman–Crippen LogP) is 2.35. The van der Waals surface area contributed by atoms with Crippen LogP contribution in [0.4, 0.5) is 0 Å². The normalized spacial score (nSPS) is 14.1. The maximum atomic E-state index is 3.74. The molecule has 1 heteroatoms. The van der Waals surface area contributed by atoms with Gasteiger partial charge in [-0.25, -0.2) is 0 Å². The van der Waals surface area contributed by atoms with Gasteiger partial charge in [-0.3, -0.25) is 0 Å². The molecule has 0 aliphatic heterocycles. The van der Waals surface area contributed by atoms with E-state index in [0.29, 0.717) is 0 Å².